The van der Waals surface area contributed by atoms with Gasteiger partial charge in [0.25, 0.3) is 0 Å². The Bertz CT molecular complexity index is 873. The first kappa shape index (κ1) is 24.7. The normalized spacial score (nSPS) is 18.8. The largest absolute Gasteiger partial charge is 0.493 e. The van der Waals surface area contributed by atoms with E-state index in [2.05, 4.69) is 0 Å². The van der Waals surface area contributed by atoms with Crippen LogP contribution in [-0.4, -0.2) is 91.2 Å². The second-order valence-electron chi connectivity index (χ2n) is 9.40. The van der Waals surface area contributed by atoms with E-state index in [4.69, 9.17) is 14.2 Å². The lowest BCUT2D eigenvalue weighted by molar-refractivity contribution is -0.144. The summed E-state index contributed by atoms with van der Waals surface area (Å²) in [6, 6.07) is 4.95. The number of rotatable bonds is 5. The molecule has 9 nitrogen and oxygen atoms in total. The fourth-order valence-corrected chi connectivity index (χ4v) is 4.24. The second kappa shape index (κ2) is 10.3. The van der Waals surface area contributed by atoms with Gasteiger partial charge in [-0.1, -0.05) is 6.07 Å². The van der Waals surface area contributed by atoms with E-state index in [-0.39, 0.29) is 24.3 Å². The van der Waals surface area contributed by atoms with Gasteiger partial charge in [0, 0.05) is 32.7 Å². The van der Waals surface area contributed by atoms with E-state index in [0.29, 0.717) is 50.6 Å². The van der Waals surface area contributed by atoms with Gasteiger partial charge < -0.3 is 28.9 Å². The van der Waals surface area contributed by atoms with Crippen LogP contribution in [0.1, 0.15) is 39.2 Å². The molecule has 0 aliphatic carbocycles. The number of carbonyl (C=O) groups excluding carboxylic acids is 3. The van der Waals surface area contributed by atoms with Crippen LogP contribution < -0.4 is 9.47 Å². The molecule has 2 aliphatic heterocycles. The quantitative estimate of drug-likeness (QED) is 0.669. The Morgan fingerprint density at radius 1 is 0.939 bits per heavy atom. The van der Waals surface area contributed by atoms with Crippen molar-refractivity contribution in [2.45, 2.75) is 51.7 Å². The van der Waals surface area contributed by atoms with Gasteiger partial charge >= 0.3 is 6.09 Å². The molecule has 1 aromatic carbocycles. The monoisotopic (exact) mass is 461 g/mol. The van der Waals surface area contributed by atoms with Gasteiger partial charge in [-0.05, 0) is 51.3 Å². The van der Waals surface area contributed by atoms with Crippen LogP contribution in [0.15, 0.2) is 18.2 Å². The standard InChI is InChI=1S/C24H35N3O6/c1-24(2,3)33-23(30)26-13-11-25(12-14-26)22(29)18-7-6-10-27(18)21(28)16-17-8-9-19(31-4)20(15-17)32-5/h8-9,15,18H,6-7,10-14,16H2,1-5H3/t18-/m0/s1. The van der Waals surface area contributed by atoms with E-state index < -0.39 is 11.6 Å². The van der Waals surface area contributed by atoms with Crippen molar-refractivity contribution >= 4 is 17.9 Å². The highest BCUT2D eigenvalue weighted by molar-refractivity contribution is 5.89. The van der Waals surface area contributed by atoms with Gasteiger partial charge in [0.1, 0.15) is 11.6 Å². The lowest BCUT2D eigenvalue weighted by Crippen LogP contribution is -2.56. The number of piperazine rings is 1. The summed E-state index contributed by atoms with van der Waals surface area (Å²) in [5.74, 6) is 1.05. The van der Waals surface area contributed by atoms with Crippen LogP contribution >= 0.6 is 0 Å². The van der Waals surface area contributed by atoms with Gasteiger partial charge in [-0.15, -0.1) is 0 Å². The lowest BCUT2D eigenvalue weighted by atomic mass is 10.1. The molecule has 0 unspecified atom stereocenters. The van der Waals surface area contributed by atoms with E-state index in [0.717, 1.165) is 12.0 Å². The number of hydrogen-bond acceptors (Lipinski definition) is 6. The first-order chi connectivity index (χ1) is 15.6. The van der Waals surface area contributed by atoms with Crippen molar-refractivity contribution in [3.63, 3.8) is 0 Å². The van der Waals surface area contributed by atoms with Crippen LogP contribution in [0.3, 0.4) is 0 Å². The fourth-order valence-electron chi connectivity index (χ4n) is 4.24. The summed E-state index contributed by atoms with van der Waals surface area (Å²) in [5, 5.41) is 0. The third-order valence-corrected chi connectivity index (χ3v) is 5.90. The molecule has 9 heteroatoms. The number of amides is 3. The molecule has 0 aromatic heterocycles. The molecule has 0 saturated carbocycles. The van der Waals surface area contributed by atoms with Gasteiger partial charge in [0.2, 0.25) is 11.8 Å². The molecule has 0 bridgehead atoms. The molecule has 0 spiro atoms. The molecule has 3 rings (SSSR count). The van der Waals surface area contributed by atoms with Gasteiger partial charge in [0.15, 0.2) is 11.5 Å². The van der Waals surface area contributed by atoms with E-state index in [9.17, 15) is 14.4 Å². The highest BCUT2D eigenvalue weighted by atomic mass is 16.6. The minimum Gasteiger partial charge on any atom is -0.493 e. The first-order valence-corrected chi connectivity index (χ1v) is 11.4. The number of carbonyl (C=O) groups is 3. The molecule has 1 aromatic rings. The second-order valence-corrected chi connectivity index (χ2v) is 9.40. The molecule has 182 valence electrons. The molecule has 3 amide bonds. The van der Waals surface area contributed by atoms with Crippen molar-refractivity contribution in [2.24, 2.45) is 0 Å². The van der Waals surface area contributed by atoms with Crippen molar-refractivity contribution in [3.05, 3.63) is 23.8 Å². The highest BCUT2D eigenvalue weighted by Crippen LogP contribution is 2.28. The van der Waals surface area contributed by atoms with Crippen molar-refractivity contribution in [1.82, 2.24) is 14.7 Å². The Kier molecular flexibility index (Phi) is 7.71. The predicted octanol–water partition coefficient (Wildman–Crippen LogP) is 2.32. The Morgan fingerprint density at radius 2 is 1.58 bits per heavy atom. The highest BCUT2D eigenvalue weighted by Gasteiger charge is 2.38. The van der Waals surface area contributed by atoms with Crippen molar-refractivity contribution < 1.29 is 28.6 Å². The Balaban J connectivity index is 1.58. The minimum atomic E-state index is -0.553. The van der Waals surface area contributed by atoms with Gasteiger partial charge in [-0.2, -0.15) is 0 Å². The van der Waals surface area contributed by atoms with E-state index >= 15 is 0 Å². The summed E-state index contributed by atoms with van der Waals surface area (Å²) >= 11 is 0. The number of likely N-dealkylation sites (tertiary alicyclic amines) is 1. The molecule has 0 N–H and O–H groups in total. The first-order valence-electron chi connectivity index (χ1n) is 11.4. The SMILES string of the molecule is COc1ccc(CC(=O)N2CCC[C@H]2C(=O)N2CCN(C(=O)OC(C)(C)C)CC2)cc1OC. The summed E-state index contributed by atoms with van der Waals surface area (Å²) in [6.07, 6.45) is 1.29. The number of nitrogens with zero attached hydrogens (tertiary/aromatic N) is 3. The average molecular weight is 462 g/mol. The van der Waals surface area contributed by atoms with E-state index in [1.807, 2.05) is 26.8 Å². The summed E-state index contributed by atoms with van der Waals surface area (Å²) in [5.41, 5.74) is 0.254. The predicted molar refractivity (Wildman–Crippen MR) is 122 cm³/mol. The van der Waals surface area contributed by atoms with Crippen molar-refractivity contribution in [1.29, 1.82) is 0 Å². The van der Waals surface area contributed by atoms with Gasteiger partial charge in [-0.3, -0.25) is 9.59 Å². The van der Waals surface area contributed by atoms with Gasteiger partial charge in [0.05, 0.1) is 20.6 Å². The van der Waals surface area contributed by atoms with Crippen LogP contribution in [-0.2, 0) is 20.7 Å². The summed E-state index contributed by atoms with van der Waals surface area (Å²) in [6.45, 7) is 7.79. The summed E-state index contributed by atoms with van der Waals surface area (Å²) in [7, 11) is 3.12. The average Bonchev–Trinajstić information content (AvgIpc) is 3.27. The maximum atomic E-state index is 13.2. The Labute approximate surface area is 195 Å². The van der Waals surface area contributed by atoms with Crippen LogP contribution in [0.2, 0.25) is 0 Å². The lowest BCUT2D eigenvalue weighted by Gasteiger charge is -2.37. The molecular weight excluding hydrogens is 426 g/mol. The number of benzene rings is 1. The fraction of sp³-hybridized carbons (Fsp3) is 0.625. The third-order valence-electron chi connectivity index (χ3n) is 5.90. The van der Waals surface area contributed by atoms with Crippen LogP contribution in [0.4, 0.5) is 4.79 Å². The maximum Gasteiger partial charge on any atom is 0.410 e. The smallest absolute Gasteiger partial charge is 0.410 e. The van der Waals surface area contributed by atoms with Gasteiger partial charge in [-0.25, -0.2) is 4.79 Å². The summed E-state index contributed by atoms with van der Waals surface area (Å²) in [4.78, 5) is 43.6. The maximum absolute atomic E-state index is 13.2. The van der Waals surface area contributed by atoms with Crippen LogP contribution in [0.25, 0.3) is 0 Å². The number of ether oxygens (including phenoxy) is 3. The Morgan fingerprint density at radius 3 is 2.18 bits per heavy atom. The molecule has 2 fully saturated rings. The minimum absolute atomic E-state index is 0.0444. The zero-order chi connectivity index (χ0) is 24.2. The van der Waals surface area contributed by atoms with Crippen LogP contribution in [0, 0.1) is 0 Å². The molecule has 2 saturated heterocycles. The zero-order valence-electron chi connectivity index (χ0n) is 20.3. The molecular formula is C24H35N3O6. The molecule has 2 heterocycles. The van der Waals surface area contributed by atoms with Crippen molar-refractivity contribution in [3.8, 4) is 11.5 Å². The number of methoxy groups -OCH3 is 2. The molecule has 0 radical (unpaired) electrons. The summed E-state index contributed by atoms with van der Waals surface area (Å²) < 4.78 is 16.0. The van der Waals surface area contributed by atoms with E-state index in [1.54, 1.807) is 41.1 Å². The van der Waals surface area contributed by atoms with Crippen LogP contribution in [0.5, 0.6) is 11.5 Å². The molecule has 1 atom stereocenters. The van der Waals surface area contributed by atoms with E-state index in [1.165, 1.54) is 0 Å². The Hall–Kier alpha value is -2.97. The number of hydrogen-bond donors (Lipinski definition) is 0. The molecule has 33 heavy (non-hydrogen) atoms. The molecule has 2 aliphatic rings. The zero-order valence-corrected chi connectivity index (χ0v) is 20.3. The van der Waals surface area contributed by atoms with Crippen molar-refractivity contribution in [2.75, 3.05) is 46.9 Å². The third kappa shape index (κ3) is 6.09. The topological polar surface area (TPSA) is 88.6 Å².